The predicted octanol–water partition coefficient (Wildman–Crippen LogP) is 0.828. The maximum Gasteiger partial charge on any atom is 0.0769 e. The second-order valence-electron chi connectivity index (χ2n) is 2.92. The van der Waals surface area contributed by atoms with Gasteiger partial charge in [-0.25, -0.2) is 0 Å². The lowest BCUT2D eigenvalue weighted by Crippen LogP contribution is -2.19. The van der Waals surface area contributed by atoms with E-state index in [-0.39, 0.29) is 6.61 Å². The highest BCUT2D eigenvalue weighted by atomic mass is 32.1. The predicted molar refractivity (Wildman–Crippen MR) is 61.9 cm³/mol. The molecule has 82 valence electrons. The van der Waals surface area contributed by atoms with Gasteiger partial charge in [-0.2, -0.15) is 0 Å². The van der Waals surface area contributed by atoms with Crippen LogP contribution in [0.2, 0.25) is 0 Å². The molecule has 1 aromatic heterocycles. The minimum atomic E-state index is 0.0798. The van der Waals surface area contributed by atoms with Crippen LogP contribution in [0.25, 0.3) is 0 Å². The molecule has 0 fully saturated rings. The summed E-state index contributed by atoms with van der Waals surface area (Å²) < 4.78 is 5.11. The summed E-state index contributed by atoms with van der Waals surface area (Å²) in [5, 5.41) is 11.7. The molecule has 3 nitrogen and oxygen atoms in total. The van der Waals surface area contributed by atoms with E-state index in [1.54, 1.807) is 11.3 Å². The number of aliphatic hydroxyl groups is 1. The zero-order valence-electron chi connectivity index (χ0n) is 8.53. The summed E-state index contributed by atoms with van der Waals surface area (Å²) in [7, 11) is 0. The van der Waals surface area contributed by atoms with E-state index in [4.69, 9.17) is 16.3 Å². The van der Waals surface area contributed by atoms with Crippen molar-refractivity contribution in [2.24, 2.45) is 0 Å². The van der Waals surface area contributed by atoms with E-state index in [2.05, 4.69) is 11.2 Å². The summed E-state index contributed by atoms with van der Waals surface area (Å²) in [4.78, 5) is 2.19. The Morgan fingerprint density at radius 2 is 2.33 bits per heavy atom. The number of hydrogen-bond acceptors (Lipinski definition) is 4. The Labute approximate surface area is 94.1 Å². The molecule has 0 atom stereocenters. The Kier molecular flexibility index (Phi) is 6.05. The summed E-state index contributed by atoms with van der Waals surface area (Å²) in [6.45, 7) is 2.70. The summed E-state index contributed by atoms with van der Waals surface area (Å²) >= 11 is 1.62. The molecule has 0 radical (unpaired) electrons. The van der Waals surface area contributed by atoms with Gasteiger partial charge in [0.15, 0.2) is 0 Å². The van der Waals surface area contributed by atoms with Crippen LogP contribution >= 0.6 is 11.3 Å². The molecule has 2 N–H and O–H groups in total. The van der Waals surface area contributed by atoms with Crippen LogP contribution in [-0.2, 0) is 11.3 Å². The molecule has 1 rings (SSSR count). The molecule has 4 heteroatoms. The average Bonchev–Trinajstić information content (AvgIpc) is 2.71. The highest BCUT2D eigenvalue weighted by Crippen LogP contribution is 2.14. The van der Waals surface area contributed by atoms with Crippen LogP contribution in [0.3, 0.4) is 0 Å². The van der Waals surface area contributed by atoms with Gasteiger partial charge in [0.1, 0.15) is 0 Å². The summed E-state index contributed by atoms with van der Waals surface area (Å²) in [5.74, 6) is 2.60. The van der Waals surface area contributed by atoms with E-state index in [0.717, 1.165) is 18.0 Å². The molecule has 1 aromatic rings. The fraction of sp³-hybridized carbons (Fsp3) is 0.455. The second-order valence-corrected chi connectivity index (χ2v) is 4.09. The van der Waals surface area contributed by atoms with Crippen LogP contribution in [0.5, 0.6) is 0 Å². The summed E-state index contributed by atoms with van der Waals surface area (Å²) in [5.41, 5.74) is 0. The third kappa shape index (κ3) is 4.96. The van der Waals surface area contributed by atoms with Crippen molar-refractivity contribution in [2.45, 2.75) is 6.54 Å². The normalized spacial score (nSPS) is 10.1. The van der Waals surface area contributed by atoms with Crippen LogP contribution < -0.4 is 5.32 Å². The molecule has 0 bridgehead atoms. The van der Waals surface area contributed by atoms with E-state index in [1.165, 1.54) is 4.88 Å². The third-order valence-corrected chi connectivity index (χ3v) is 2.78. The van der Waals surface area contributed by atoms with Crippen molar-refractivity contribution < 1.29 is 9.84 Å². The second kappa shape index (κ2) is 7.43. The average molecular weight is 225 g/mol. The van der Waals surface area contributed by atoms with Crippen molar-refractivity contribution in [1.29, 1.82) is 0 Å². The Balaban J connectivity index is 2.07. The van der Waals surface area contributed by atoms with E-state index < -0.39 is 0 Å². The Morgan fingerprint density at radius 1 is 1.47 bits per heavy atom. The molecular formula is C11H15NO2S. The van der Waals surface area contributed by atoms with Crippen molar-refractivity contribution in [1.82, 2.24) is 5.32 Å². The van der Waals surface area contributed by atoms with Crippen molar-refractivity contribution in [3.8, 4) is 12.3 Å². The lowest BCUT2D eigenvalue weighted by atomic mass is 10.4. The van der Waals surface area contributed by atoms with Crippen LogP contribution in [0.1, 0.15) is 9.75 Å². The molecule has 0 aromatic carbocycles. The van der Waals surface area contributed by atoms with Gasteiger partial charge in [0.25, 0.3) is 0 Å². The highest BCUT2D eigenvalue weighted by Gasteiger charge is 1.96. The lowest BCUT2D eigenvalue weighted by Gasteiger charge is -2.03. The quantitative estimate of drug-likeness (QED) is 0.533. The standard InChI is InChI=1S/C11H15NO2S/c1-2-10-3-4-11(15-10)9-12-5-7-14-8-6-13/h1,3-4,12-13H,5-9H2. The van der Waals surface area contributed by atoms with Crippen LogP contribution in [0, 0.1) is 12.3 Å². The molecule has 0 amide bonds. The van der Waals surface area contributed by atoms with Gasteiger partial charge >= 0.3 is 0 Å². The minimum absolute atomic E-state index is 0.0798. The molecular weight excluding hydrogens is 210 g/mol. The van der Waals surface area contributed by atoms with Crippen molar-refractivity contribution >= 4 is 11.3 Å². The zero-order chi connectivity index (χ0) is 10.9. The third-order valence-electron chi connectivity index (χ3n) is 1.76. The molecule has 15 heavy (non-hydrogen) atoms. The number of nitrogens with one attached hydrogen (secondary N) is 1. The maximum absolute atomic E-state index is 8.47. The van der Waals surface area contributed by atoms with Crippen molar-refractivity contribution in [2.75, 3.05) is 26.4 Å². The van der Waals surface area contributed by atoms with Gasteiger partial charge in [-0.05, 0) is 12.1 Å². The Morgan fingerprint density at radius 3 is 3.00 bits per heavy atom. The van der Waals surface area contributed by atoms with Crippen molar-refractivity contribution in [3.05, 3.63) is 21.9 Å². The first-order valence-corrected chi connectivity index (χ1v) is 5.63. The fourth-order valence-corrected chi connectivity index (χ4v) is 1.86. The molecule has 1 heterocycles. The topological polar surface area (TPSA) is 41.5 Å². The first kappa shape index (κ1) is 12.2. The number of terminal acetylenes is 1. The number of ether oxygens (including phenoxy) is 1. The molecule has 0 unspecified atom stereocenters. The monoisotopic (exact) mass is 225 g/mol. The zero-order valence-corrected chi connectivity index (χ0v) is 9.35. The first-order chi connectivity index (χ1) is 7.36. The molecule has 0 aliphatic carbocycles. The molecule has 0 spiro atoms. The minimum Gasteiger partial charge on any atom is -0.394 e. The van der Waals surface area contributed by atoms with Gasteiger partial charge in [0, 0.05) is 18.0 Å². The first-order valence-electron chi connectivity index (χ1n) is 4.81. The Hall–Kier alpha value is -0.860. The highest BCUT2D eigenvalue weighted by molar-refractivity contribution is 7.12. The van der Waals surface area contributed by atoms with E-state index in [9.17, 15) is 0 Å². The Bertz CT molecular complexity index is 317. The molecule has 0 aliphatic rings. The number of aliphatic hydroxyl groups excluding tert-OH is 1. The maximum atomic E-state index is 8.47. The molecule has 0 aliphatic heterocycles. The number of hydrogen-bond donors (Lipinski definition) is 2. The number of rotatable bonds is 7. The van der Waals surface area contributed by atoms with Gasteiger partial charge in [0.2, 0.25) is 0 Å². The lowest BCUT2D eigenvalue weighted by molar-refractivity contribution is 0.0938. The van der Waals surface area contributed by atoms with E-state index in [1.807, 2.05) is 12.1 Å². The van der Waals surface area contributed by atoms with Gasteiger partial charge in [-0.1, -0.05) is 5.92 Å². The number of thiophene rings is 1. The van der Waals surface area contributed by atoms with Crippen LogP contribution in [0.15, 0.2) is 12.1 Å². The van der Waals surface area contributed by atoms with Gasteiger partial charge in [0.05, 0.1) is 24.7 Å². The SMILES string of the molecule is C#Cc1ccc(CNCCOCCO)s1. The van der Waals surface area contributed by atoms with Crippen LogP contribution in [0.4, 0.5) is 0 Å². The van der Waals surface area contributed by atoms with E-state index >= 15 is 0 Å². The summed E-state index contributed by atoms with van der Waals surface area (Å²) in [6, 6.07) is 3.98. The van der Waals surface area contributed by atoms with Gasteiger partial charge in [-0.3, -0.25) is 0 Å². The summed E-state index contributed by atoms with van der Waals surface area (Å²) in [6.07, 6.45) is 5.27. The molecule has 0 saturated carbocycles. The fourth-order valence-electron chi connectivity index (χ4n) is 1.07. The van der Waals surface area contributed by atoms with E-state index in [0.29, 0.717) is 13.2 Å². The van der Waals surface area contributed by atoms with Gasteiger partial charge < -0.3 is 15.2 Å². The van der Waals surface area contributed by atoms with Crippen LogP contribution in [-0.4, -0.2) is 31.5 Å². The largest absolute Gasteiger partial charge is 0.394 e. The molecule has 0 saturated heterocycles. The van der Waals surface area contributed by atoms with Crippen molar-refractivity contribution in [3.63, 3.8) is 0 Å². The van der Waals surface area contributed by atoms with Gasteiger partial charge in [-0.15, -0.1) is 17.8 Å². The smallest absolute Gasteiger partial charge is 0.0769 e.